The van der Waals surface area contributed by atoms with Crippen molar-refractivity contribution in [2.24, 2.45) is 11.8 Å². The third-order valence-electron chi connectivity index (χ3n) is 12.4. The lowest BCUT2D eigenvalue weighted by Crippen LogP contribution is -2.24. The van der Waals surface area contributed by atoms with Gasteiger partial charge in [-0.15, -0.1) is 0 Å². The second-order valence-corrected chi connectivity index (χ2v) is 18.1. The van der Waals surface area contributed by atoms with Gasteiger partial charge in [-0.3, -0.25) is 14.4 Å². The van der Waals surface area contributed by atoms with Crippen LogP contribution in [0.3, 0.4) is 0 Å². The molecular weight excluding hydrogens is 745 g/mol. The zero-order chi connectivity index (χ0) is 43.8. The fourth-order valence-corrected chi connectivity index (χ4v) is 8.59. The molecule has 2 atom stereocenters. The molecule has 3 N–H and O–H groups in total. The number of hydrogen-bond donors (Lipinski definition) is 3. The van der Waals surface area contributed by atoms with Gasteiger partial charge in [0.05, 0.1) is 5.92 Å². The van der Waals surface area contributed by atoms with Crippen LogP contribution in [0.2, 0.25) is 0 Å². The summed E-state index contributed by atoms with van der Waals surface area (Å²) in [6.45, 7) is 2.27. The van der Waals surface area contributed by atoms with E-state index in [1.807, 2.05) is 0 Å². The van der Waals surface area contributed by atoms with Crippen LogP contribution in [-0.4, -0.2) is 33.2 Å². The van der Waals surface area contributed by atoms with E-state index in [2.05, 4.69) is 43.4 Å². The van der Waals surface area contributed by atoms with Gasteiger partial charge >= 0.3 is 17.9 Å². The van der Waals surface area contributed by atoms with Crippen LogP contribution in [0, 0.1) is 11.8 Å². The van der Waals surface area contributed by atoms with Gasteiger partial charge in [0.15, 0.2) is 0 Å². The molecule has 0 radical (unpaired) electrons. The zero-order valence-electron chi connectivity index (χ0n) is 39.4. The Morgan fingerprint density at radius 3 is 0.983 bits per heavy atom. The average molecular weight is 843 g/mol. The first-order chi connectivity index (χ1) is 29.4. The molecule has 0 bridgehead atoms. The quantitative estimate of drug-likeness (QED) is 0.0415. The lowest BCUT2D eigenvalue weighted by atomic mass is 9.80. The first kappa shape index (κ1) is 57.6. The van der Waals surface area contributed by atoms with Crippen molar-refractivity contribution in [3.8, 4) is 0 Å². The zero-order valence-corrected chi connectivity index (χ0v) is 39.4. The Hall–Kier alpha value is -2.37. The third kappa shape index (κ3) is 45.2. The lowest BCUT2D eigenvalue weighted by Gasteiger charge is -2.24. The van der Waals surface area contributed by atoms with Crippen LogP contribution in [0.1, 0.15) is 277 Å². The lowest BCUT2D eigenvalue weighted by molar-refractivity contribution is -0.144. The number of carboxylic acid groups (broad SMARTS) is 3. The average Bonchev–Trinajstić information content (AvgIpc) is 3.22. The maximum absolute atomic E-state index is 12.6. The number of hydrogen-bond acceptors (Lipinski definition) is 3. The summed E-state index contributed by atoms with van der Waals surface area (Å²) in [4.78, 5) is 33.8. The molecule has 60 heavy (non-hydrogen) atoms. The maximum Gasteiger partial charge on any atom is 0.306 e. The molecule has 2 unspecified atom stereocenters. The predicted molar refractivity (Wildman–Crippen MR) is 257 cm³/mol. The molecule has 0 fully saturated rings. The highest BCUT2D eigenvalue weighted by molar-refractivity contribution is 5.70. The number of carboxylic acids is 3. The Labute approximate surface area is 371 Å². The van der Waals surface area contributed by atoms with E-state index in [0.717, 1.165) is 103 Å². The van der Waals surface area contributed by atoms with Gasteiger partial charge in [0, 0.05) is 12.8 Å². The first-order valence-corrected chi connectivity index (χ1v) is 26.0. The topological polar surface area (TPSA) is 112 Å². The molecule has 0 aliphatic rings. The standard InChI is InChI=1S/C54H98O6/c1-2-3-4-5-6-7-8-15-20-25-30-35-40-45-50(46-41-36-31-26-21-16-11-9-13-18-23-28-33-38-43-48-52(55)56)51(54(59)60)47-42-37-32-27-22-17-12-10-14-19-24-29-34-39-44-49-53(57)58/h10,14-15,17,20,22,50-51H,2-9,11-13,16,18-19,21,23-49H2,1H3,(H,55,56)(H,57,58)(H,59,60)/b14-10-,20-15-,22-17-. The fourth-order valence-electron chi connectivity index (χ4n) is 8.59. The second kappa shape index (κ2) is 47.7. The second-order valence-electron chi connectivity index (χ2n) is 18.1. The van der Waals surface area contributed by atoms with Gasteiger partial charge < -0.3 is 15.3 Å². The molecule has 0 saturated heterocycles. The molecule has 0 rings (SSSR count). The summed E-state index contributed by atoms with van der Waals surface area (Å²) in [6.07, 6.45) is 61.6. The Morgan fingerprint density at radius 1 is 0.350 bits per heavy atom. The monoisotopic (exact) mass is 843 g/mol. The molecular formula is C54H98O6. The highest BCUT2D eigenvalue weighted by Crippen LogP contribution is 2.30. The van der Waals surface area contributed by atoms with Crippen LogP contribution in [-0.2, 0) is 14.4 Å². The summed E-state index contributed by atoms with van der Waals surface area (Å²) in [5, 5.41) is 27.8. The molecule has 0 aliphatic heterocycles. The predicted octanol–water partition coefficient (Wildman–Crippen LogP) is 17.5. The molecule has 0 spiro atoms. The molecule has 350 valence electrons. The summed E-state index contributed by atoms with van der Waals surface area (Å²) in [5.74, 6) is -1.83. The Kier molecular flexibility index (Phi) is 45.8. The van der Waals surface area contributed by atoms with Gasteiger partial charge in [-0.2, -0.15) is 0 Å². The number of allylic oxidation sites excluding steroid dienone is 6. The minimum absolute atomic E-state index is 0.204. The molecule has 0 saturated carbocycles. The van der Waals surface area contributed by atoms with Crippen LogP contribution in [0.15, 0.2) is 36.5 Å². The first-order valence-electron chi connectivity index (χ1n) is 26.0. The van der Waals surface area contributed by atoms with E-state index < -0.39 is 17.9 Å². The number of carbonyl (C=O) groups is 3. The van der Waals surface area contributed by atoms with Gasteiger partial charge in [-0.05, 0) is 95.8 Å². The van der Waals surface area contributed by atoms with E-state index in [0.29, 0.717) is 18.8 Å². The minimum atomic E-state index is -0.690. The van der Waals surface area contributed by atoms with Crippen molar-refractivity contribution in [1.29, 1.82) is 0 Å². The molecule has 0 amide bonds. The Balaban J connectivity index is 4.42. The van der Waals surface area contributed by atoms with E-state index >= 15 is 0 Å². The van der Waals surface area contributed by atoms with Crippen LogP contribution in [0.4, 0.5) is 0 Å². The summed E-state index contributed by atoms with van der Waals surface area (Å²) in [7, 11) is 0. The smallest absolute Gasteiger partial charge is 0.306 e. The fraction of sp³-hybridized carbons (Fsp3) is 0.833. The van der Waals surface area contributed by atoms with Crippen molar-refractivity contribution in [1.82, 2.24) is 0 Å². The van der Waals surface area contributed by atoms with Gasteiger partial charge in [0.1, 0.15) is 0 Å². The van der Waals surface area contributed by atoms with Crippen LogP contribution >= 0.6 is 0 Å². The molecule has 0 heterocycles. The van der Waals surface area contributed by atoms with Crippen molar-refractivity contribution in [2.75, 3.05) is 0 Å². The van der Waals surface area contributed by atoms with E-state index in [-0.39, 0.29) is 5.92 Å². The number of rotatable bonds is 49. The van der Waals surface area contributed by atoms with Gasteiger partial charge in [0.2, 0.25) is 0 Å². The highest BCUT2D eigenvalue weighted by Gasteiger charge is 2.27. The van der Waals surface area contributed by atoms with E-state index in [9.17, 15) is 19.5 Å². The SMILES string of the molecule is CCCCCCCC/C=C\CCCCCC(CCCCCCCCCCCCCCCCCC(=O)O)C(CCCCC/C=C\C/C=C\CCCCCCCC(=O)O)C(=O)O. The van der Waals surface area contributed by atoms with Gasteiger partial charge in [-0.1, -0.05) is 210 Å². The van der Waals surface area contributed by atoms with Gasteiger partial charge in [-0.25, -0.2) is 0 Å². The summed E-state index contributed by atoms with van der Waals surface area (Å²) < 4.78 is 0. The van der Waals surface area contributed by atoms with Crippen LogP contribution in [0.5, 0.6) is 0 Å². The van der Waals surface area contributed by atoms with Crippen molar-refractivity contribution in [3.05, 3.63) is 36.5 Å². The number of unbranched alkanes of at least 4 members (excludes halogenated alkanes) is 31. The summed E-state index contributed by atoms with van der Waals surface area (Å²) in [6, 6.07) is 0. The van der Waals surface area contributed by atoms with Crippen LogP contribution in [0.25, 0.3) is 0 Å². The number of aliphatic carboxylic acids is 3. The van der Waals surface area contributed by atoms with E-state index in [4.69, 9.17) is 10.2 Å². The summed E-state index contributed by atoms with van der Waals surface area (Å²) in [5.41, 5.74) is 0. The van der Waals surface area contributed by atoms with Crippen molar-refractivity contribution in [2.45, 2.75) is 277 Å². The molecule has 6 heteroatoms. The molecule has 0 aromatic carbocycles. The van der Waals surface area contributed by atoms with E-state index in [1.165, 1.54) is 154 Å². The van der Waals surface area contributed by atoms with Crippen molar-refractivity contribution >= 4 is 17.9 Å². The Bertz CT molecular complexity index is 1030. The summed E-state index contributed by atoms with van der Waals surface area (Å²) >= 11 is 0. The highest BCUT2D eigenvalue weighted by atomic mass is 16.4. The normalized spacial score (nSPS) is 12.9. The minimum Gasteiger partial charge on any atom is -0.481 e. The molecule has 0 aliphatic carbocycles. The molecule has 6 nitrogen and oxygen atoms in total. The largest absolute Gasteiger partial charge is 0.481 e. The van der Waals surface area contributed by atoms with Gasteiger partial charge in [0.25, 0.3) is 0 Å². The van der Waals surface area contributed by atoms with Crippen molar-refractivity contribution in [3.63, 3.8) is 0 Å². The maximum atomic E-state index is 12.6. The molecule has 0 aromatic heterocycles. The van der Waals surface area contributed by atoms with Crippen molar-refractivity contribution < 1.29 is 29.7 Å². The third-order valence-corrected chi connectivity index (χ3v) is 12.4. The van der Waals surface area contributed by atoms with E-state index in [1.54, 1.807) is 0 Å². The van der Waals surface area contributed by atoms with Crippen LogP contribution < -0.4 is 0 Å². The Morgan fingerprint density at radius 2 is 0.633 bits per heavy atom. The molecule has 0 aromatic rings.